The molecular formula is C17H20FN3O3. The van der Waals surface area contributed by atoms with Crippen molar-refractivity contribution in [2.45, 2.75) is 31.7 Å². The standard InChI is InChI=1S/C17H20FN3O3/c18-12-3-1-11(2-4-12)5-8-21-10-13(9-14(21)22)20-16(24)17(6-7-17)15(19)23/h1-4,13H,5-10H2,(H2,19,23)(H,20,24). The lowest BCUT2D eigenvalue weighted by atomic mass is 10.1. The molecule has 7 heteroatoms. The van der Waals surface area contributed by atoms with Crippen LogP contribution in [0.3, 0.4) is 0 Å². The van der Waals surface area contributed by atoms with Gasteiger partial charge < -0.3 is 16.0 Å². The van der Waals surface area contributed by atoms with Crippen LogP contribution in [0, 0.1) is 11.2 Å². The second kappa shape index (κ2) is 6.22. The predicted molar refractivity (Wildman–Crippen MR) is 84.1 cm³/mol. The van der Waals surface area contributed by atoms with Gasteiger partial charge in [0.25, 0.3) is 0 Å². The molecule has 6 nitrogen and oxygen atoms in total. The summed E-state index contributed by atoms with van der Waals surface area (Å²) in [5.74, 6) is -1.29. The van der Waals surface area contributed by atoms with Crippen LogP contribution in [0.5, 0.6) is 0 Å². The van der Waals surface area contributed by atoms with E-state index in [1.807, 2.05) is 0 Å². The summed E-state index contributed by atoms with van der Waals surface area (Å²) in [6.45, 7) is 0.929. The molecule has 128 valence electrons. The number of hydrogen-bond acceptors (Lipinski definition) is 3. The summed E-state index contributed by atoms with van der Waals surface area (Å²) in [5, 5.41) is 2.78. The molecule has 1 aromatic carbocycles. The molecule has 1 atom stereocenters. The largest absolute Gasteiger partial charge is 0.369 e. The Labute approximate surface area is 139 Å². The van der Waals surface area contributed by atoms with E-state index >= 15 is 0 Å². The van der Waals surface area contributed by atoms with Crippen molar-refractivity contribution in [2.75, 3.05) is 13.1 Å². The molecule has 0 radical (unpaired) electrons. The number of carbonyl (C=O) groups is 3. The molecule has 1 saturated carbocycles. The third-order valence-electron chi connectivity index (χ3n) is 4.79. The fourth-order valence-corrected chi connectivity index (χ4v) is 3.03. The van der Waals surface area contributed by atoms with E-state index in [1.54, 1.807) is 17.0 Å². The maximum atomic E-state index is 12.9. The molecule has 1 heterocycles. The first kappa shape index (κ1) is 16.4. The molecule has 2 aliphatic rings. The third kappa shape index (κ3) is 3.25. The van der Waals surface area contributed by atoms with Crippen molar-refractivity contribution >= 4 is 17.7 Å². The number of halogens is 1. The first-order valence-corrected chi connectivity index (χ1v) is 8.04. The second-order valence-corrected chi connectivity index (χ2v) is 6.54. The molecule has 1 aliphatic heterocycles. The Kier molecular flexibility index (Phi) is 4.26. The highest BCUT2D eigenvalue weighted by Crippen LogP contribution is 2.45. The highest BCUT2D eigenvalue weighted by Gasteiger charge is 2.56. The van der Waals surface area contributed by atoms with Gasteiger partial charge in [0.05, 0.1) is 6.04 Å². The summed E-state index contributed by atoms with van der Waals surface area (Å²) in [6, 6.07) is 5.87. The van der Waals surface area contributed by atoms with Gasteiger partial charge in [-0.05, 0) is 37.0 Å². The van der Waals surface area contributed by atoms with Crippen LogP contribution in [0.1, 0.15) is 24.8 Å². The van der Waals surface area contributed by atoms with Crippen molar-refractivity contribution in [3.63, 3.8) is 0 Å². The summed E-state index contributed by atoms with van der Waals surface area (Å²) in [7, 11) is 0. The number of primary amides is 1. The van der Waals surface area contributed by atoms with Crippen molar-refractivity contribution in [2.24, 2.45) is 11.1 Å². The summed E-state index contributed by atoms with van der Waals surface area (Å²) in [5.41, 5.74) is 5.16. The van der Waals surface area contributed by atoms with Gasteiger partial charge in [-0.15, -0.1) is 0 Å². The number of hydrogen-bond donors (Lipinski definition) is 2. The van der Waals surface area contributed by atoms with E-state index in [2.05, 4.69) is 5.32 Å². The Morgan fingerprint density at radius 1 is 1.29 bits per heavy atom. The van der Waals surface area contributed by atoms with Gasteiger partial charge in [0.2, 0.25) is 17.7 Å². The lowest BCUT2D eigenvalue weighted by Gasteiger charge is -2.18. The summed E-state index contributed by atoms with van der Waals surface area (Å²) < 4.78 is 12.9. The van der Waals surface area contributed by atoms with Crippen molar-refractivity contribution in [1.29, 1.82) is 0 Å². The average molecular weight is 333 g/mol. The minimum absolute atomic E-state index is 0.0358. The van der Waals surface area contributed by atoms with Crippen molar-refractivity contribution in [1.82, 2.24) is 10.2 Å². The number of amides is 3. The van der Waals surface area contributed by atoms with Crippen LogP contribution >= 0.6 is 0 Å². The van der Waals surface area contributed by atoms with Crippen LogP contribution in [0.2, 0.25) is 0 Å². The van der Waals surface area contributed by atoms with E-state index < -0.39 is 11.3 Å². The molecule has 3 amide bonds. The summed E-state index contributed by atoms with van der Waals surface area (Å²) >= 11 is 0. The average Bonchev–Trinajstić information content (AvgIpc) is 3.28. The minimum Gasteiger partial charge on any atom is -0.369 e. The first-order chi connectivity index (χ1) is 11.4. The van der Waals surface area contributed by atoms with Gasteiger partial charge >= 0.3 is 0 Å². The number of carbonyl (C=O) groups excluding carboxylic acids is 3. The third-order valence-corrected chi connectivity index (χ3v) is 4.79. The van der Waals surface area contributed by atoms with E-state index in [0.717, 1.165) is 5.56 Å². The van der Waals surface area contributed by atoms with Gasteiger partial charge in [0, 0.05) is 19.5 Å². The molecule has 2 fully saturated rings. The predicted octanol–water partition coefficient (Wildman–Crippen LogP) is 0.351. The van der Waals surface area contributed by atoms with Gasteiger partial charge in [-0.1, -0.05) is 12.1 Å². The summed E-state index contributed by atoms with van der Waals surface area (Å²) in [6.07, 6.45) is 1.80. The van der Waals surface area contributed by atoms with Gasteiger partial charge in [0.1, 0.15) is 11.2 Å². The second-order valence-electron chi connectivity index (χ2n) is 6.54. The molecule has 3 rings (SSSR count). The number of nitrogens with zero attached hydrogens (tertiary/aromatic N) is 1. The molecule has 1 saturated heterocycles. The SMILES string of the molecule is NC(=O)C1(C(=O)NC2CC(=O)N(CCc3ccc(F)cc3)C2)CC1. The first-order valence-electron chi connectivity index (χ1n) is 8.04. The molecular weight excluding hydrogens is 313 g/mol. The highest BCUT2D eigenvalue weighted by molar-refractivity contribution is 6.07. The van der Waals surface area contributed by atoms with Crippen LogP contribution in [0.4, 0.5) is 4.39 Å². The van der Waals surface area contributed by atoms with E-state index in [0.29, 0.717) is 32.4 Å². The quantitative estimate of drug-likeness (QED) is 0.736. The Morgan fingerprint density at radius 2 is 1.96 bits per heavy atom. The van der Waals surface area contributed by atoms with Crippen LogP contribution < -0.4 is 11.1 Å². The monoisotopic (exact) mass is 333 g/mol. The molecule has 3 N–H and O–H groups in total. The topological polar surface area (TPSA) is 92.5 Å². The molecule has 1 aromatic rings. The zero-order valence-corrected chi connectivity index (χ0v) is 13.3. The molecule has 0 aromatic heterocycles. The van der Waals surface area contributed by atoms with Crippen LogP contribution in [0.15, 0.2) is 24.3 Å². The molecule has 1 aliphatic carbocycles. The number of nitrogens with two attached hydrogens (primary N) is 1. The van der Waals surface area contributed by atoms with E-state index in [1.165, 1.54) is 12.1 Å². The Bertz CT molecular complexity index is 670. The maximum Gasteiger partial charge on any atom is 0.235 e. The maximum absolute atomic E-state index is 12.9. The summed E-state index contributed by atoms with van der Waals surface area (Å²) in [4.78, 5) is 37.3. The van der Waals surface area contributed by atoms with E-state index in [-0.39, 0.29) is 30.1 Å². The van der Waals surface area contributed by atoms with Crippen molar-refractivity contribution in [3.8, 4) is 0 Å². The van der Waals surface area contributed by atoms with Gasteiger partial charge in [0.15, 0.2) is 0 Å². The van der Waals surface area contributed by atoms with E-state index in [9.17, 15) is 18.8 Å². The smallest absolute Gasteiger partial charge is 0.235 e. The Morgan fingerprint density at radius 3 is 2.54 bits per heavy atom. The minimum atomic E-state index is -1.06. The number of rotatable bonds is 6. The zero-order chi connectivity index (χ0) is 17.3. The lowest BCUT2D eigenvalue weighted by molar-refractivity contribution is -0.135. The molecule has 0 spiro atoms. The Hall–Kier alpha value is -2.44. The fraction of sp³-hybridized carbons (Fsp3) is 0.471. The normalized spacial score (nSPS) is 21.6. The van der Waals surface area contributed by atoms with Crippen molar-refractivity contribution < 1.29 is 18.8 Å². The lowest BCUT2D eigenvalue weighted by Crippen LogP contribution is -2.45. The number of nitrogens with one attached hydrogen (secondary N) is 1. The van der Waals surface area contributed by atoms with Crippen LogP contribution in [0.25, 0.3) is 0 Å². The van der Waals surface area contributed by atoms with Gasteiger partial charge in [-0.25, -0.2) is 4.39 Å². The number of benzene rings is 1. The Balaban J connectivity index is 1.51. The molecule has 0 bridgehead atoms. The fourth-order valence-electron chi connectivity index (χ4n) is 3.03. The van der Waals surface area contributed by atoms with Crippen LogP contribution in [-0.2, 0) is 20.8 Å². The van der Waals surface area contributed by atoms with Gasteiger partial charge in [-0.3, -0.25) is 14.4 Å². The molecule has 1 unspecified atom stereocenters. The number of likely N-dealkylation sites (tertiary alicyclic amines) is 1. The van der Waals surface area contributed by atoms with Gasteiger partial charge in [-0.2, -0.15) is 0 Å². The van der Waals surface area contributed by atoms with Crippen LogP contribution in [-0.4, -0.2) is 41.8 Å². The van der Waals surface area contributed by atoms with E-state index in [4.69, 9.17) is 5.73 Å². The highest BCUT2D eigenvalue weighted by atomic mass is 19.1. The zero-order valence-electron chi connectivity index (χ0n) is 13.3. The van der Waals surface area contributed by atoms with Crippen molar-refractivity contribution in [3.05, 3.63) is 35.6 Å². The molecule has 24 heavy (non-hydrogen) atoms.